The van der Waals surface area contributed by atoms with Crippen molar-refractivity contribution in [1.82, 2.24) is 5.32 Å². The number of ether oxygens (including phenoxy) is 2. The van der Waals surface area contributed by atoms with Crippen LogP contribution in [-0.4, -0.2) is 38.0 Å². The van der Waals surface area contributed by atoms with Crippen molar-refractivity contribution in [2.45, 2.75) is 13.3 Å². The van der Waals surface area contributed by atoms with Gasteiger partial charge < -0.3 is 20.1 Å². The molecule has 0 aromatic heterocycles. The molecule has 0 saturated heterocycles. The maximum atomic E-state index is 11.6. The molecule has 0 unspecified atom stereocenters. The highest BCUT2D eigenvalue weighted by atomic mass is 32.1. The number of anilines is 1. The average molecular weight is 296 g/mol. The number of thiocarbonyl (C=S) groups is 1. The predicted octanol–water partition coefficient (Wildman–Crippen LogP) is 2.19. The number of hydrogen-bond acceptors (Lipinski definition) is 4. The number of rotatable bonds is 7. The summed E-state index contributed by atoms with van der Waals surface area (Å²) in [5.74, 6) is -0.306. The predicted molar refractivity (Wildman–Crippen MR) is 83.1 cm³/mol. The first kappa shape index (κ1) is 16.4. The van der Waals surface area contributed by atoms with Crippen molar-refractivity contribution in [3.05, 3.63) is 29.8 Å². The molecule has 0 atom stereocenters. The SMILES string of the molecule is CCCOC(=O)c1ccc(NC(=S)NCCOC)cc1. The average Bonchev–Trinajstić information content (AvgIpc) is 2.46. The minimum absolute atomic E-state index is 0.306. The highest BCUT2D eigenvalue weighted by Gasteiger charge is 2.06. The monoisotopic (exact) mass is 296 g/mol. The van der Waals surface area contributed by atoms with E-state index in [0.717, 1.165) is 12.1 Å². The van der Waals surface area contributed by atoms with E-state index in [0.29, 0.717) is 30.4 Å². The molecule has 0 heterocycles. The van der Waals surface area contributed by atoms with Crippen LogP contribution in [0.4, 0.5) is 5.69 Å². The van der Waals surface area contributed by atoms with Crippen LogP contribution < -0.4 is 10.6 Å². The summed E-state index contributed by atoms with van der Waals surface area (Å²) in [6.45, 7) is 3.62. The van der Waals surface area contributed by atoms with Crippen LogP contribution in [0, 0.1) is 0 Å². The van der Waals surface area contributed by atoms with Crippen LogP contribution in [0.2, 0.25) is 0 Å². The van der Waals surface area contributed by atoms with Crippen LogP contribution in [0.3, 0.4) is 0 Å². The first-order chi connectivity index (χ1) is 9.67. The molecule has 0 spiro atoms. The maximum Gasteiger partial charge on any atom is 0.338 e. The largest absolute Gasteiger partial charge is 0.462 e. The smallest absolute Gasteiger partial charge is 0.338 e. The van der Waals surface area contributed by atoms with Crippen molar-refractivity contribution in [2.75, 3.05) is 32.2 Å². The van der Waals surface area contributed by atoms with E-state index in [1.54, 1.807) is 31.4 Å². The quantitative estimate of drug-likeness (QED) is 0.457. The standard InChI is InChI=1S/C14H20N2O3S/c1-3-9-19-13(17)11-4-6-12(7-5-11)16-14(20)15-8-10-18-2/h4-7H,3,8-10H2,1-2H3,(H2,15,16,20). The third-order valence-corrected chi connectivity index (χ3v) is 2.65. The first-order valence-corrected chi connectivity index (χ1v) is 6.89. The minimum Gasteiger partial charge on any atom is -0.462 e. The third-order valence-electron chi connectivity index (χ3n) is 2.41. The number of nitrogens with one attached hydrogen (secondary N) is 2. The second-order valence-corrected chi connectivity index (χ2v) is 4.50. The second kappa shape index (κ2) is 9.28. The van der Waals surface area contributed by atoms with E-state index >= 15 is 0 Å². The van der Waals surface area contributed by atoms with Crippen molar-refractivity contribution in [1.29, 1.82) is 0 Å². The summed E-state index contributed by atoms with van der Waals surface area (Å²) in [4.78, 5) is 11.6. The van der Waals surface area contributed by atoms with Gasteiger partial charge in [-0.1, -0.05) is 6.92 Å². The van der Waals surface area contributed by atoms with Gasteiger partial charge >= 0.3 is 5.97 Å². The number of hydrogen-bond donors (Lipinski definition) is 2. The van der Waals surface area contributed by atoms with E-state index in [1.165, 1.54) is 0 Å². The van der Waals surface area contributed by atoms with E-state index in [2.05, 4.69) is 10.6 Å². The van der Waals surface area contributed by atoms with Crippen molar-refractivity contribution in [2.24, 2.45) is 0 Å². The molecule has 2 N–H and O–H groups in total. The summed E-state index contributed by atoms with van der Waals surface area (Å²) in [5, 5.41) is 6.54. The van der Waals surface area contributed by atoms with Gasteiger partial charge in [0.15, 0.2) is 5.11 Å². The fourth-order valence-electron chi connectivity index (χ4n) is 1.41. The van der Waals surface area contributed by atoms with E-state index in [4.69, 9.17) is 21.7 Å². The van der Waals surface area contributed by atoms with Crippen LogP contribution in [0.1, 0.15) is 23.7 Å². The van der Waals surface area contributed by atoms with Crippen molar-refractivity contribution >= 4 is 29.0 Å². The molecule has 5 nitrogen and oxygen atoms in total. The minimum atomic E-state index is -0.306. The lowest BCUT2D eigenvalue weighted by Crippen LogP contribution is -2.31. The lowest BCUT2D eigenvalue weighted by molar-refractivity contribution is 0.0505. The zero-order valence-corrected chi connectivity index (χ0v) is 12.6. The van der Waals surface area contributed by atoms with Gasteiger partial charge in [-0.05, 0) is 42.9 Å². The summed E-state index contributed by atoms with van der Waals surface area (Å²) in [6.07, 6.45) is 0.812. The number of benzene rings is 1. The second-order valence-electron chi connectivity index (χ2n) is 4.09. The molecule has 6 heteroatoms. The molecule has 0 saturated carbocycles. The van der Waals surface area contributed by atoms with Gasteiger partial charge in [-0.25, -0.2) is 4.79 Å². The van der Waals surface area contributed by atoms with Crippen LogP contribution in [0.5, 0.6) is 0 Å². The van der Waals surface area contributed by atoms with Gasteiger partial charge in [0.25, 0.3) is 0 Å². The molecular weight excluding hydrogens is 276 g/mol. The summed E-state index contributed by atoms with van der Waals surface area (Å²) in [6, 6.07) is 6.98. The Morgan fingerprint density at radius 1 is 1.25 bits per heavy atom. The van der Waals surface area contributed by atoms with E-state index < -0.39 is 0 Å². The van der Waals surface area contributed by atoms with Crippen molar-refractivity contribution in [3.63, 3.8) is 0 Å². The molecule has 0 radical (unpaired) electrons. The van der Waals surface area contributed by atoms with Crippen molar-refractivity contribution in [3.8, 4) is 0 Å². The van der Waals surface area contributed by atoms with Gasteiger partial charge in [-0.2, -0.15) is 0 Å². The van der Waals surface area contributed by atoms with E-state index in [9.17, 15) is 4.79 Å². The summed E-state index contributed by atoms with van der Waals surface area (Å²) >= 11 is 5.12. The van der Waals surface area contributed by atoms with Gasteiger partial charge in [0.2, 0.25) is 0 Å². The summed E-state index contributed by atoms with van der Waals surface area (Å²) in [7, 11) is 1.63. The van der Waals surface area contributed by atoms with Gasteiger partial charge in [-0.15, -0.1) is 0 Å². The highest BCUT2D eigenvalue weighted by Crippen LogP contribution is 2.10. The molecule has 1 aromatic rings. The molecule has 20 heavy (non-hydrogen) atoms. The fraction of sp³-hybridized carbons (Fsp3) is 0.429. The Bertz CT molecular complexity index is 435. The Labute approximate surface area is 124 Å². The Hall–Kier alpha value is -1.66. The van der Waals surface area contributed by atoms with Gasteiger partial charge in [0.1, 0.15) is 0 Å². The number of carbonyl (C=O) groups excluding carboxylic acids is 1. The van der Waals surface area contributed by atoms with Crippen molar-refractivity contribution < 1.29 is 14.3 Å². The van der Waals surface area contributed by atoms with Gasteiger partial charge in [0.05, 0.1) is 18.8 Å². The number of esters is 1. The molecule has 0 aliphatic heterocycles. The third kappa shape index (κ3) is 5.99. The van der Waals surface area contributed by atoms with Crippen LogP contribution in [0.15, 0.2) is 24.3 Å². The lowest BCUT2D eigenvalue weighted by atomic mass is 10.2. The molecule has 110 valence electrons. The van der Waals surface area contributed by atoms with Crippen LogP contribution >= 0.6 is 12.2 Å². The molecule has 0 fully saturated rings. The number of methoxy groups -OCH3 is 1. The maximum absolute atomic E-state index is 11.6. The first-order valence-electron chi connectivity index (χ1n) is 6.48. The lowest BCUT2D eigenvalue weighted by Gasteiger charge is -2.10. The zero-order valence-electron chi connectivity index (χ0n) is 11.8. The molecule has 0 aliphatic carbocycles. The van der Waals surface area contributed by atoms with E-state index in [-0.39, 0.29) is 5.97 Å². The Balaban J connectivity index is 2.45. The van der Waals surface area contributed by atoms with Crippen LogP contribution in [0.25, 0.3) is 0 Å². The highest BCUT2D eigenvalue weighted by molar-refractivity contribution is 7.80. The number of carbonyl (C=O) groups is 1. The zero-order chi connectivity index (χ0) is 14.8. The Morgan fingerprint density at radius 3 is 2.55 bits per heavy atom. The van der Waals surface area contributed by atoms with Gasteiger partial charge in [0, 0.05) is 19.3 Å². The molecule has 0 bridgehead atoms. The Kier molecular flexibility index (Phi) is 7.60. The molecule has 0 aliphatic rings. The molecule has 1 aromatic carbocycles. The summed E-state index contributed by atoms with van der Waals surface area (Å²) < 4.78 is 9.97. The molecular formula is C14H20N2O3S. The Morgan fingerprint density at radius 2 is 1.95 bits per heavy atom. The summed E-state index contributed by atoms with van der Waals surface area (Å²) in [5.41, 5.74) is 1.34. The van der Waals surface area contributed by atoms with E-state index in [1.807, 2.05) is 6.92 Å². The molecule has 1 rings (SSSR count). The topological polar surface area (TPSA) is 59.6 Å². The van der Waals surface area contributed by atoms with Crippen LogP contribution in [-0.2, 0) is 9.47 Å². The fourth-order valence-corrected chi connectivity index (χ4v) is 1.63. The van der Waals surface area contributed by atoms with Gasteiger partial charge in [-0.3, -0.25) is 0 Å². The molecule has 0 amide bonds. The normalized spacial score (nSPS) is 9.90.